The van der Waals surface area contributed by atoms with Gasteiger partial charge in [0.1, 0.15) is 0 Å². The Hall–Kier alpha value is -0.860. The Morgan fingerprint density at radius 3 is 2.78 bits per heavy atom. The Morgan fingerprint density at radius 2 is 2.00 bits per heavy atom. The molecule has 1 N–H and O–H groups in total. The summed E-state index contributed by atoms with van der Waals surface area (Å²) in [5, 5.41) is 3.50. The van der Waals surface area contributed by atoms with Crippen LogP contribution in [0.1, 0.15) is 43.4 Å². The Balaban J connectivity index is 2.07. The van der Waals surface area contributed by atoms with E-state index in [4.69, 9.17) is 0 Å². The molecule has 1 aliphatic rings. The molecule has 100 valence electrons. The summed E-state index contributed by atoms with van der Waals surface area (Å²) < 4.78 is 0. The summed E-state index contributed by atoms with van der Waals surface area (Å²) in [6.45, 7) is 6.90. The lowest BCUT2D eigenvalue weighted by Crippen LogP contribution is -2.34. The molecule has 18 heavy (non-hydrogen) atoms. The fourth-order valence-electron chi connectivity index (χ4n) is 3.00. The van der Waals surface area contributed by atoms with Crippen LogP contribution in [0.5, 0.6) is 0 Å². The van der Waals surface area contributed by atoms with E-state index in [0.717, 1.165) is 12.6 Å². The summed E-state index contributed by atoms with van der Waals surface area (Å²) in [5.41, 5.74) is 2.88. The van der Waals surface area contributed by atoms with Gasteiger partial charge in [0.15, 0.2) is 0 Å². The van der Waals surface area contributed by atoms with Gasteiger partial charge in [0.25, 0.3) is 0 Å². The molecule has 0 aliphatic carbocycles. The van der Waals surface area contributed by atoms with Gasteiger partial charge in [-0.05, 0) is 64.4 Å². The van der Waals surface area contributed by atoms with Crippen molar-refractivity contribution in [1.29, 1.82) is 0 Å². The molecule has 0 spiro atoms. The van der Waals surface area contributed by atoms with Crippen LogP contribution in [0.25, 0.3) is 0 Å². The van der Waals surface area contributed by atoms with Crippen LogP contribution in [-0.4, -0.2) is 31.1 Å². The first-order valence-corrected chi connectivity index (χ1v) is 7.18. The van der Waals surface area contributed by atoms with Crippen LogP contribution in [-0.2, 0) is 0 Å². The molecule has 2 rings (SSSR count). The second-order valence-corrected chi connectivity index (χ2v) is 5.53. The zero-order chi connectivity index (χ0) is 13.0. The highest BCUT2D eigenvalue weighted by Crippen LogP contribution is 2.26. The predicted octanol–water partition coefficient (Wildman–Crippen LogP) is 3.13. The van der Waals surface area contributed by atoms with Gasteiger partial charge in [0, 0.05) is 12.1 Å². The highest BCUT2D eigenvalue weighted by molar-refractivity contribution is 5.28. The zero-order valence-electron chi connectivity index (χ0n) is 11.9. The molecular weight excluding hydrogens is 220 g/mol. The van der Waals surface area contributed by atoms with Gasteiger partial charge < -0.3 is 5.32 Å². The van der Waals surface area contributed by atoms with Crippen molar-refractivity contribution in [3.63, 3.8) is 0 Å². The summed E-state index contributed by atoms with van der Waals surface area (Å²) in [5.74, 6) is 0. The molecule has 1 aliphatic heterocycles. The number of rotatable bonds is 3. The zero-order valence-corrected chi connectivity index (χ0v) is 11.9. The molecule has 2 unspecified atom stereocenters. The van der Waals surface area contributed by atoms with Crippen molar-refractivity contribution in [3.8, 4) is 0 Å². The van der Waals surface area contributed by atoms with Crippen LogP contribution < -0.4 is 5.32 Å². The van der Waals surface area contributed by atoms with Crippen molar-refractivity contribution in [2.24, 2.45) is 0 Å². The van der Waals surface area contributed by atoms with Crippen molar-refractivity contribution in [3.05, 3.63) is 35.4 Å². The van der Waals surface area contributed by atoms with Crippen LogP contribution in [0.3, 0.4) is 0 Å². The molecule has 1 aromatic rings. The van der Waals surface area contributed by atoms with Crippen molar-refractivity contribution in [2.75, 3.05) is 20.1 Å². The Morgan fingerprint density at radius 1 is 1.22 bits per heavy atom. The fraction of sp³-hybridized carbons (Fsp3) is 0.625. The number of hydrogen-bond acceptors (Lipinski definition) is 2. The topological polar surface area (TPSA) is 15.3 Å². The monoisotopic (exact) mass is 246 g/mol. The molecule has 0 radical (unpaired) electrons. The third kappa shape index (κ3) is 3.12. The lowest BCUT2D eigenvalue weighted by Gasteiger charge is -2.33. The van der Waals surface area contributed by atoms with Crippen LogP contribution >= 0.6 is 0 Å². The average molecular weight is 246 g/mol. The molecule has 0 aromatic heterocycles. The van der Waals surface area contributed by atoms with E-state index in [1.54, 1.807) is 0 Å². The Labute approximate surface area is 111 Å². The standard InChI is InChI=1S/C16H26N2/c1-13-7-4-5-9-16(13)14(2)18(3)15-8-6-11-17-12-10-15/h4-5,7,9,14-15,17H,6,8,10-12H2,1-3H3. The van der Waals surface area contributed by atoms with Gasteiger partial charge in [-0.3, -0.25) is 4.90 Å². The summed E-state index contributed by atoms with van der Waals surface area (Å²) >= 11 is 0. The fourth-order valence-corrected chi connectivity index (χ4v) is 3.00. The van der Waals surface area contributed by atoms with Gasteiger partial charge in [0.05, 0.1) is 0 Å². The predicted molar refractivity (Wildman–Crippen MR) is 77.9 cm³/mol. The number of nitrogens with one attached hydrogen (secondary N) is 1. The van der Waals surface area contributed by atoms with Crippen molar-refractivity contribution >= 4 is 0 Å². The number of hydrogen-bond donors (Lipinski definition) is 1. The van der Waals surface area contributed by atoms with Crippen LogP contribution in [0.15, 0.2) is 24.3 Å². The van der Waals surface area contributed by atoms with E-state index >= 15 is 0 Å². The van der Waals surface area contributed by atoms with Gasteiger partial charge in [-0.1, -0.05) is 24.3 Å². The van der Waals surface area contributed by atoms with E-state index in [0.29, 0.717) is 6.04 Å². The van der Waals surface area contributed by atoms with Crippen molar-refractivity contribution in [2.45, 2.75) is 45.2 Å². The van der Waals surface area contributed by atoms with E-state index in [1.165, 1.54) is 36.9 Å². The molecule has 1 heterocycles. The second-order valence-electron chi connectivity index (χ2n) is 5.53. The summed E-state index contributed by atoms with van der Waals surface area (Å²) in [6, 6.07) is 9.99. The summed E-state index contributed by atoms with van der Waals surface area (Å²) in [6.07, 6.45) is 3.89. The van der Waals surface area contributed by atoms with Gasteiger partial charge in [-0.2, -0.15) is 0 Å². The SMILES string of the molecule is Cc1ccccc1C(C)N(C)C1CCCNCC1. The maximum atomic E-state index is 3.50. The quantitative estimate of drug-likeness (QED) is 0.881. The van der Waals surface area contributed by atoms with Crippen LogP contribution in [0, 0.1) is 6.92 Å². The largest absolute Gasteiger partial charge is 0.317 e. The van der Waals surface area contributed by atoms with Crippen LogP contribution in [0.4, 0.5) is 0 Å². The van der Waals surface area contributed by atoms with Crippen molar-refractivity contribution in [1.82, 2.24) is 10.2 Å². The highest BCUT2D eigenvalue weighted by Gasteiger charge is 2.22. The molecule has 1 aromatic carbocycles. The van der Waals surface area contributed by atoms with Gasteiger partial charge in [-0.25, -0.2) is 0 Å². The first-order valence-electron chi connectivity index (χ1n) is 7.18. The molecule has 1 saturated heterocycles. The maximum Gasteiger partial charge on any atom is 0.0322 e. The minimum Gasteiger partial charge on any atom is -0.317 e. The maximum absolute atomic E-state index is 3.50. The molecule has 2 heteroatoms. The van der Waals surface area contributed by atoms with Gasteiger partial charge in [-0.15, -0.1) is 0 Å². The lowest BCUT2D eigenvalue weighted by atomic mass is 9.98. The third-order valence-corrected chi connectivity index (χ3v) is 4.37. The minimum atomic E-state index is 0.509. The first-order chi connectivity index (χ1) is 8.70. The number of benzene rings is 1. The van der Waals surface area contributed by atoms with Crippen LogP contribution in [0.2, 0.25) is 0 Å². The van der Waals surface area contributed by atoms with Gasteiger partial charge in [0.2, 0.25) is 0 Å². The minimum absolute atomic E-state index is 0.509. The molecule has 1 fully saturated rings. The van der Waals surface area contributed by atoms with E-state index in [2.05, 4.69) is 55.4 Å². The third-order valence-electron chi connectivity index (χ3n) is 4.37. The second kappa shape index (κ2) is 6.35. The molecular formula is C16H26N2. The highest BCUT2D eigenvalue weighted by atomic mass is 15.2. The molecule has 2 atom stereocenters. The molecule has 0 bridgehead atoms. The average Bonchev–Trinajstić information content (AvgIpc) is 2.66. The van der Waals surface area contributed by atoms with Crippen molar-refractivity contribution < 1.29 is 0 Å². The summed E-state index contributed by atoms with van der Waals surface area (Å²) in [7, 11) is 2.28. The normalized spacial score (nSPS) is 22.8. The van der Waals surface area contributed by atoms with E-state index in [1.807, 2.05) is 0 Å². The first kappa shape index (κ1) is 13.6. The number of aryl methyl sites for hydroxylation is 1. The van der Waals surface area contributed by atoms with E-state index in [-0.39, 0.29) is 0 Å². The molecule has 0 saturated carbocycles. The number of nitrogens with zero attached hydrogens (tertiary/aromatic N) is 1. The Bertz CT molecular complexity index is 367. The molecule has 2 nitrogen and oxygen atoms in total. The Kier molecular flexibility index (Phi) is 4.79. The van der Waals surface area contributed by atoms with E-state index in [9.17, 15) is 0 Å². The van der Waals surface area contributed by atoms with Gasteiger partial charge >= 0.3 is 0 Å². The summed E-state index contributed by atoms with van der Waals surface area (Å²) in [4.78, 5) is 2.56. The van der Waals surface area contributed by atoms with E-state index < -0.39 is 0 Å². The smallest absolute Gasteiger partial charge is 0.0322 e. The lowest BCUT2D eigenvalue weighted by molar-refractivity contribution is 0.171. The molecule has 0 amide bonds.